The van der Waals surface area contributed by atoms with Crippen LogP contribution in [0.25, 0.3) is 0 Å². The van der Waals surface area contributed by atoms with Crippen LogP contribution in [0.1, 0.15) is 0 Å². The van der Waals surface area contributed by atoms with Gasteiger partial charge in [0, 0.05) is 6.20 Å². The summed E-state index contributed by atoms with van der Waals surface area (Å²) in [5.41, 5.74) is 5.36. The van der Waals surface area contributed by atoms with Crippen molar-refractivity contribution in [3.63, 3.8) is 0 Å². The maximum Gasteiger partial charge on any atom is 0.242 e. The number of rotatable bonds is 5. The van der Waals surface area contributed by atoms with Crippen LogP contribution in [0.2, 0.25) is 0 Å². The smallest absolute Gasteiger partial charge is 0.242 e. The predicted molar refractivity (Wildman–Crippen MR) is 52.7 cm³/mol. The third kappa shape index (κ3) is 3.56. The number of nitrogens with two attached hydrogens (primary N) is 1. The molecule has 1 heterocycles. The SMILES string of the molecule is Nc1ccn(CC(=O)NC(CO)CO)n1. The van der Waals surface area contributed by atoms with E-state index in [4.69, 9.17) is 15.9 Å². The summed E-state index contributed by atoms with van der Waals surface area (Å²) in [5.74, 6) is -0.00475. The maximum atomic E-state index is 11.3. The van der Waals surface area contributed by atoms with Gasteiger partial charge in [0.1, 0.15) is 12.4 Å². The molecule has 0 saturated carbocycles. The number of nitrogens with zero attached hydrogens (tertiary/aromatic N) is 2. The number of amides is 1. The van der Waals surface area contributed by atoms with Crippen LogP contribution in [0, 0.1) is 0 Å². The standard InChI is InChI=1S/C8H14N4O3/c9-7-1-2-12(11-7)3-8(15)10-6(4-13)5-14/h1-2,6,13-14H,3-5H2,(H2,9,11)(H,10,15). The van der Waals surface area contributed by atoms with Gasteiger partial charge in [0.15, 0.2) is 0 Å². The molecule has 0 spiro atoms. The molecule has 0 bridgehead atoms. The molecule has 0 aliphatic rings. The lowest BCUT2D eigenvalue weighted by atomic mass is 10.3. The predicted octanol–water partition coefficient (Wildman–Crippen LogP) is -2.07. The summed E-state index contributed by atoms with van der Waals surface area (Å²) in [6.07, 6.45) is 1.57. The van der Waals surface area contributed by atoms with Crippen molar-refractivity contribution in [2.45, 2.75) is 12.6 Å². The number of aliphatic hydroxyl groups is 2. The van der Waals surface area contributed by atoms with E-state index in [9.17, 15) is 4.79 Å². The molecule has 1 rings (SSSR count). The molecule has 0 saturated heterocycles. The lowest BCUT2D eigenvalue weighted by Gasteiger charge is -2.12. The van der Waals surface area contributed by atoms with Crippen LogP contribution in [0.4, 0.5) is 5.82 Å². The van der Waals surface area contributed by atoms with Crippen LogP contribution in [-0.4, -0.2) is 45.2 Å². The molecule has 0 unspecified atom stereocenters. The number of nitrogen functional groups attached to an aromatic ring is 1. The number of carbonyl (C=O) groups excluding carboxylic acids is 1. The summed E-state index contributed by atoms with van der Waals surface area (Å²) in [7, 11) is 0. The highest BCUT2D eigenvalue weighted by molar-refractivity contribution is 5.76. The van der Waals surface area contributed by atoms with Crippen molar-refractivity contribution in [2.75, 3.05) is 18.9 Å². The van der Waals surface area contributed by atoms with E-state index in [1.54, 1.807) is 12.3 Å². The van der Waals surface area contributed by atoms with Gasteiger partial charge in [-0.2, -0.15) is 5.10 Å². The minimum atomic E-state index is -0.634. The first kappa shape index (κ1) is 11.5. The van der Waals surface area contributed by atoms with Gasteiger partial charge in [-0.05, 0) is 6.07 Å². The molecule has 0 aliphatic heterocycles. The monoisotopic (exact) mass is 214 g/mol. The minimum Gasteiger partial charge on any atom is -0.394 e. The topological polar surface area (TPSA) is 113 Å². The molecular formula is C8H14N4O3. The molecule has 15 heavy (non-hydrogen) atoms. The molecule has 0 aliphatic carbocycles. The Balaban J connectivity index is 2.42. The Morgan fingerprint density at radius 2 is 2.27 bits per heavy atom. The zero-order chi connectivity index (χ0) is 11.3. The lowest BCUT2D eigenvalue weighted by Crippen LogP contribution is -2.41. The summed E-state index contributed by atoms with van der Waals surface area (Å²) < 4.78 is 1.37. The van der Waals surface area contributed by atoms with Crippen molar-refractivity contribution in [1.82, 2.24) is 15.1 Å². The van der Waals surface area contributed by atoms with E-state index in [2.05, 4.69) is 10.4 Å². The van der Waals surface area contributed by atoms with E-state index in [0.29, 0.717) is 5.82 Å². The van der Waals surface area contributed by atoms with Gasteiger partial charge in [0.2, 0.25) is 5.91 Å². The number of carbonyl (C=O) groups is 1. The second-order valence-electron chi connectivity index (χ2n) is 3.07. The maximum absolute atomic E-state index is 11.3. The van der Waals surface area contributed by atoms with Crippen LogP contribution in [0.15, 0.2) is 12.3 Å². The van der Waals surface area contributed by atoms with Gasteiger partial charge in [0.05, 0.1) is 19.3 Å². The van der Waals surface area contributed by atoms with Crippen molar-refractivity contribution < 1.29 is 15.0 Å². The highest BCUT2D eigenvalue weighted by Gasteiger charge is 2.10. The van der Waals surface area contributed by atoms with Gasteiger partial charge >= 0.3 is 0 Å². The van der Waals surface area contributed by atoms with Gasteiger partial charge in [-0.25, -0.2) is 0 Å². The first-order valence-corrected chi connectivity index (χ1v) is 4.45. The Morgan fingerprint density at radius 3 is 2.73 bits per heavy atom. The summed E-state index contributed by atoms with van der Waals surface area (Å²) >= 11 is 0. The second-order valence-corrected chi connectivity index (χ2v) is 3.07. The molecule has 84 valence electrons. The zero-order valence-corrected chi connectivity index (χ0v) is 8.13. The third-order valence-corrected chi connectivity index (χ3v) is 1.77. The number of aromatic nitrogens is 2. The van der Waals surface area contributed by atoms with Gasteiger partial charge < -0.3 is 21.3 Å². The fraction of sp³-hybridized carbons (Fsp3) is 0.500. The molecule has 0 atom stereocenters. The Bertz CT molecular complexity index is 321. The molecule has 5 N–H and O–H groups in total. The highest BCUT2D eigenvalue weighted by Crippen LogP contribution is 1.95. The quantitative estimate of drug-likeness (QED) is 0.450. The number of nitrogens with one attached hydrogen (secondary N) is 1. The highest BCUT2D eigenvalue weighted by atomic mass is 16.3. The summed E-state index contributed by atoms with van der Waals surface area (Å²) in [4.78, 5) is 11.3. The van der Waals surface area contributed by atoms with Crippen molar-refractivity contribution >= 4 is 11.7 Å². The van der Waals surface area contributed by atoms with Crippen LogP contribution in [0.3, 0.4) is 0 Å². The number of hydrogen-bond acceptors (Lipinski definition) is 5. The van der Waals surface area contributed by atoms with Gasteiger partial charge in [0.25, 0.3) is 0 Å². The largest absolute Gasteiger partial charge is 0.394 e. The molecule has 1 aromatic rings. The molecule has 0 aromatic carbocycles. The Kier molecular flexibility index (Phi) is 4.07. The second kappa shape index (κ2) is 5.32. The molecular weight excluding hydrogens is 200 g/mol. The molecule has 1 aromatic heterocycles. The molecule has 1 amide bonds. The Morgan fingerprint density at radius 1 is 1.60 bits per heavy atom. The number of hydrogen-bond donors (Lipinski definition) is 4. The first-order chi connectivity index (χ1) is 7.15. The summed E-state index contributed by atoms with van der Waals surface area (Å²) in [5, 5.41) is 23.7. The fourth-order valence-electron chi connectivity index (χ4n) is 1.03. The van der Waals surface area contributed by atoms with Crippen molar-refractivity contribution in [3.8, 4) is 0 Å². The van der Waals surface area contributed by atoms with Crippen LogP contribution < -0.4 is 11.1 Å². The summed E-state index contributed by atoms with van der Waals surface area (Å²) in [6, 6.07) is 0.938. The van der Waals surface area contributed by atoms with E-state index in [0.717, 1.165) is 0 Å². The number of aliphatic hydroxyl groups excluding tert-OH is 2. The zero-order valence-electron chi connectivity index (χ0n) is 8.13. The van der Waals surface area contributed by atoms with E-state index in [1.165, 1.54) is 4.68 Å². The minimum absolute atomic E-state index is 0.00764. The van der Waals surface area contributed by atoms with Crippen molar-refractivity contribution in [3.05, 3.63) is 12.3 Å². The van der Waals surface area contributed by atoms with Crippen LogP contribution in [-0.2, 0) is 11.3 Å². The summed E-state index contributed by atoms with van der Waals surface area (Å²) in [6.45, 7) is -0.597. The first-order valence-electron chi connectivity index (χ1n) is 4.45. The Labute approximate surface area is 86.5 Å². The average Bonchev–Trinajstić information content (AvgIpc) is 2.60. The fourth-order valence-corrected chi connectivity index (χ4v) is 1.03. The molecule has 0 radical (unpaired) electrons. The molecule has 0 fully saturated rings. The Hall–Kier alpha value is -1.60. The van der Waals surface area contributed by atoms with Gasteiger partial charge in [-0.1, -0.05) is 0 Å². The van der Waals surface area contributed by atoms with Gasteiger partial charge in [-0.15, -0.1) is 0 Å². The number of anilines is 1. The van der Waals surface area contributed by atoms with E-state index in [-0.39, 0.29) is 25.7 Å². The van der Waals surface area contributed by atoms with Crippen molar-refractivity contribution in [1.29, 1.82) is 0 Å². The molecule has 7 heteroatoms. The lowest BCUT2D eigenvalue weighted by molar-refractivity contribution is -0.123. The van der Waals surface area contributed by atoms with E-state index in [1.807, 2.05) is 0 Å². The normalized spacial score (nSPS) is 10.6. The molecule has 7 nitrogen and oxygen atoms in total. The van der Waals surface area contributed by atoms with Crippen LogP contribution >= 0.6 is 0 Å². The van der Waals surface area contributed by atoms with E-state index >= 15 is 0 Å². The average molecular weight is 214 g/mol. The third-order valence-electron chi connectivity index (χ3n) is 1.77. The van der Waals surface area contributed by atoms with E-state index < -0.39 is 6.04 Å². The van der Waals surface area contributed by atoms with Crippen molar-refractivity contribution in [2.24, 2.45) is 0 Å². The van der Waals surface area contributed by atoms with Crippen LogP contribution in [0.5, 0.6) is 0 Å². The van der Waals surface area contributed by atoms with Gasteiger partial charge in [-0.3, -0.25) is 9.48 Å².